The second kappa shape index (κ2) is 7.94. The van der Waals surface area contributed by atoms with E-state index >= 15 is 0 Å². The van der Waals surface area contributed by atoms with E-state index < -0.39 is 5.89 Å². The van der Waals surface area contributed by atoms with Gasteiger partial charge in [0.05, 0.1) is 6.04 Å². The summed E-state index contributed by atoms with van der Waals surface area (Å²) in [5, 5.41) is 0. The Morgan fingerprint density at radius 2 is 1.33 bits per heavy atom. The van der Waals surface area contributed by atoms with Crippen molar-refractivity contribution in [2.24, 2.45) is 5.92 Å². The number of hydrogen-bond acceptors (Lipinski definition) is 2. The number of benzene rings is 3. The second-order valence-electron chi connectivity index (χ2n) is 10.4. The lowest BCUT2D eigenvalue weighted by Crippen LogP contribution is -2.38. The number of fused-ring (bicyclic) bond motifs is 3. The zero-order chi connectivity index (χ0) is 23.6. The minimum absolute atomic E-state index is 0.0806. The van der Waals surface area contributed by atoms with Crippen LogP contribution in [0.3, 0.4) is 0 Å². The SMILES string of the molecule is [2H]C1(C2CCCC2)c2ccccc2N2C(c3c(C)cccc3C)N(c3ccccc3C)[C@@H](C)C21. The molecule has 6 rings (SSSR count). The van der Waals surface area contributed by atoms with Gasteiger partial charge < -0.3 is 9.80 Å². The van der Waals surface area contributed by atoms with Crippen LogP contribution in [-0.4, -0.2) is 12.1 Å². The minimum atomic E-state index is -0.585. The fraction of sp³-hybridized carbons (Fsp3) is 0.419. The van der Waals surface area contributed by atoms with E-state index in [0.717, 1.165) is 0 Å². The zero-order valence-corrected chi connectivity index (χ0v) is 20.4. The van der Waals surface area contributed by atoms with Crippen LogP contribution < -0.4 is 9.80 Å². The highest BCUT2D eigenvalue weighted by molar-refractivity contribution is 5.71. The van der Waals surface area contributed by atoms with Gasteiger partial charge in [0.1, 0.15) is 6.17 Å². The lowest BCUT2D eigenvalue weighted by molar-refractivity contribution is 0.376. The van der Waals surface area contributed by atoms with Gasteiger partial charge in [-0.3, -0.25) is 0 Å². The number of para-hydroxylation sites is 2. The minimum Gasteiger partial charge on any atom is -0.342 e. The molecule has 0 radical (unpaired) electrons. The van der Waals surface area contributed by atoms with Crippen molar-refractivity contribution < 1.29 is 1.37 Å². The van der Waals surface area contributed by atoms with Gasteiger partial charge in [-0.1, -0.05) is 67.4 Å². The van der Waals surface area contributed by atoms with E-state index in [1.165, 1.54) is 64.9 Å². The molecule has 2 heterocycles. The van der Waals surface area contributed by atoms with Gasteiger partial charge in [-0.15, -0.1) is 0 Å². The Morgan fingerprint density at radius 3 is 2.03 bits per heavy atom. The monoisotopic (exact) mass is 437 g/mol. The molecule has 0 bridgehead atoms. The van der Waals surface area contributed by atoms with Crippen molar-refractivity contribution >= 4 is 11.4 Å². The summed E-state index contributed by atoms with van der Waals surface area (Å²) in [5.74, 6) is -0.166. The molecule has 2 nitrogen and oxygen atoms in total. The summed E-state index contributed by atoms with van der Waals surface area (Å²) >= 11 is 0. The van der Waals surface area contributed by atoms with Crippen LogP contribution in [0.4, 0.5) is 11.4 Å². The zero-order valence-electron chi connectivity index (χ0n) is 21.4. The maximum atomic E-state index is 10.2. The molecule has 33 heavy (non-hydrogen) atoms. The Kier molecular flexibility index (Phi) is 4.74. The van der Waals surface area contributed by atoms with Gasteiger partial charge in [0.25, 0.3) is 0 Å². The van der Waals surface area contributed by atoms with Crippen LogP contribution in [0.15, 0.2) is 66.7 Å². The number of rotatable bonds is 3. The van der Waals surface area contributed by atoms with Crippen molar-refractivity contribution in [3.05, 3.63) is 94.5 Å². The van der Waals surface area contributed by atoms with Crippen LogP contribution in [0.2, 0.25) is 0 Å². The molecule has 4 atom stereocenters. The Bertz CT molecular complexity index is 1210. The molecule has 0 spiro atoms. The Morgan fingerprint density at radius 1 is 0.727 bits per heavy atom. The molecule has 2 aliphatic heterocycles. The molecule has 0 amide bonds. The standard InChI is InChI=1S/C31H36N2/c1-20-12-5-9-18-26(20)32-23(4)30-29(24-15-6-7-16-24)25-17-8-10-19-27(25)33(30)31(32)28-21(2)13-11-14-22(28)3/h5,8-14,17-19,23-24,29-31H,6-7,15-16H2,1-4H3/t23-,29?,30?,31?/m0/s1/i29D. The smallest absolute Gasteiger partial charge is 0.129 e. The highest BCUT2D eigenvalue weighted by atomic mass is 15.5. The number of hydrogen-bond donors (Lipinski definition) is 0. The molecule has 3 aromatic rings. The number of anilines is 2. The molecule has 2 fully saturated rings. The van der Waals surface area contributed by atoms with E-state index in [2.05, 4.69) is 104 Å². The van der Waals surface area contributed by atoms with Crippen molar-refractivity contribution in [2.75, 3.05) is 9.80 Å². The molecule has 1 saturated carbocycles. The molecule has 0 aromatic heterocycles. The van der Waals surface area contributed by atoms with Crippen molar-refractivity contribution in [1.82, 2.24) is 0 Å². The van der Waals surface area contributed by atoms with Gasteiger partial charge >= 0.3 is 0 Å². The topological polar surface area (TPSA) is 6.48 Å². The first kappa shape index (κ1) is 19.7. The second-order valence-corrected chi connectivity index (χ2v) is 10.4. The molecule has 0 N–H and O–H groups in total. The first-order valence-electron chi connectivity index (χ1n) is 13.2. The first-order valence-corrected chi connectivity index (χ1v) is 12.7. The molecule has 170 valence electrons. The van der Waals surface area contributed by atoms with Crippen LogP contribution in [0.25, 0.3) is 0 Å². The normalized spacial score (nSPS) is 29.3. The average Bonchev–Trinajstić information content (AvgIpc) is 3.52. The maximum absolute atomic E-state index is 10.2. The van der Waals surface area contributed by atoms with Crippen molar-refractivity contribution in [2.45, 2.75) is 77.5 Å². The third kappa shape index (κ3) is 3.06. The quantitative estimate of drug-likeness (QED) is 0.414. The molecule has 2 heteroatoms. The van der Waals surface area contributed by atoms with Crippen molar-refractivity contribution in [1.29, 1.82) is 0 Å². The predicted octanol–water partition coefficient (Wildman–Crippen LogP) is 7.68. The van der Waals surface area contributed by atoms with Crippen LogP contribution >= 0.6 is 0 Å². The Labute approximate surface area is 200 Å². The van der Waals surface area contributed by atoms with Crippen molar-refractivity contribution in [3.8, 4) is 0 Å². The van der Waals surface area contributed by atoms with Crippen LogP contribution in [-0.2, 0) is 0 Å². The molecular weight excluding hydrogens is 400 g/mol. The lowest BCUT2D eigenvalue weighted by atomic mass is 9.79. The van der Waals surface area contributed by atoms with Crippen LogP contribution in [0, 0.1) is 26.7 Å². The molecule has 3 unspecified atom stereocenters. The molecule has 3 aromatic carbocycles. The maximum Gasteiger partial charge on any atom is 0.129 e. The summed E-state index contributed by atoms with van der Waals surface area (Å²) in [7, 11) is 0. The summed E-state index contributed by atoms with van der Waals surface area (Å²) in [6.07, 6.45) is 4.95. The highest BCUT2D eigenvalue weighted by Gasteiger charge is 2.56. The summed E-state index contributed by atoms with van der Waals surface area (Å²) in [6, 6.07) is 24.7. The summed E-state index contributed by atoms with van der Waals surface area (Å²) < 4.78 is 10.2. The Balaban J connectivity index is 1.63. The van der Waals surface area contributed by atoms with Gasteiger partial charge in [-0.2, -0.15) is 0 Å². The predicted molar refractivity (Wildman–Crippen MR) is 139 cm³/mol. The summed E-state index contributed by atoms with van der Waals surface area (Å²) in [6.45, 7) is 9.11. The van der Waals surface area contributed by atoms with E-state index in [1.807, 2.05) is 0 Å². The molecule has 1 aliphatic carbocycles. The van der Waals surface area contributed by atoms with Crippen LogP contribution in [0.1, 0.15) is 73.9 Å². The van der Waals surface area contributed by atoms with Crippen molar-refractivity contribution in [3.63, 3.8) is 0 Å². The highest BCUT2D eigenvalue weighted by Crippen LogP contribution is 2.58. The first-order chi connectivity index (χ1) is 16.4. The van der Waals surface area contributed by atoms with Gasteiger partial charge in [0, 0.05) is 30.2 Å². The molecule has 3 aliphatic rings. The van der Waals surface area contributed by atoms with E-state index in [4.69, 9.17) is 0 Å². The Hall–Kier alpha value is -2.74. The number of nitrogens with zero attached hydrogens (tertiary/aromatic N) is 2. The van der Waals surface area contributed by atoms with Gasteiger partial charge in [-0.05, 0) is 80.8 Å². The summed E-state index contributed by atoms with van der Waals surface area (Å²) in [4.78, 5) is 5.29. The summed E-state index contributed by atoms with van der Waals surface area (Å²) in [5.41, 5.74) is 9.17. The lowest BCUT2D eigenvalue weighted by Gasteiger charge is -2.37. The van der Waals surface area contributed by atoms with E-state index in [9.17, 15) is 1.37 Å². The molecular formula is C31H36N2. The van der Waals surface area contributed by atoms with E-state index in [0.29, 0.717) is 5.92 Å². The fourth-order valence-electron chi connectivity index (χ4n) is 7.10. The third-order valence-electron chi connectivity index (χ3n) is 8.52. The van der Waals surface area contributed by atoms with Crippen LogP contribution in [0.5, 0.6) is 0 Å². The van der Waals surface area contributed by atoms with Gasteiger partial charge in [-0.25, -0.2) is 0 Å². The van der Waals surface area contributed by atoms with Gasteiger partial charge in [0.2, 0.25) is 0 Å². The third-order valence-corrected chi connectivity index (χ3v) is 8.52. The van der Waals surface area contributed by atoms with E-state index in [1.54, 1.807) is 0 Å². The largest absolute Gasteiger partial charge is 0.342 e. The average molecular weight is 438 g/mol. The van der Waals surface area contributed by atoms with Gasteiger partial charge in [0.15, 0.2) is 0 Å². The molecule has 1 saturated heterocycles. The fourth-order valence-corrected chi connectivity index (χ4v) is 7.10. The number of aryl methyl sites for hydroxylation is 3. The van der Waals surface area contributed by atoms with E-state index in [-0.39, 0.29) is 18.2 Å².